The average molecular weight is 453 g/mol. The summed E-state index contributed by atoms with van der Waals surface area (Å²) in [4.78, 5) is 0. The number of ether oxygens (including phenoxy) is 2. The van der Waals surface area contributed by atoms with E-state index in [4.69, 9.17) is 21.1 Å². The minimum absolute atomic E-state index is 0.140. The monoisotopic (exact) mass is 452 g/mol. The molecular formula is C23H29ClO7. The summed E-state index contributed by atoms with van der Waals surface area (Å²) in [5, 5.41) is 49.6. The van der Waals surface area contributed by atoms with Crippen LogP contribution < -0.4 is 4.74 Å². The van der Waals surface area contributed by atoms with Crippen molar-refractivity contribution >= 4 is 11.6 Å². The third kappa shape index (κ3) is 5.96. The van der Waals surface area contributed by atoms with Crippen molar-refractivity contribution in [3.05, 3.63) is 64.2 Å². The first-order chi connectivity index (χ1) is 14.5. The quantitative estimate of drug-likeness (QED) is 0.409. The van der Waals surface area contributed by atoms with Crippen LogP contribution in [0.4, 0.5) is 0 Å². The van der Waals surface area contributed by atoms with Gasteiger partial charge < -0.3 is 35.0 Å². The van der Waals surface area contributed by atoms with Crippen molar-refractivity contribution < 1.29 is 35.0 Å². The molecule has 1 heterocycles. The molecule has 2 aromatic rings. The molecule has 3 atom stereocenters. The molecule has 7 nitrogen and oxygen atoms in total. The lowest BCUT2D eigenvalue weighted by molar-refractivity contribution is -0.365. The van der Waals surface area contributed by atoms with Crippen molar-refractivity contribution in [2.24, 2.45) is 0 Å². The van der Waals surface area contributed by atoms with Crippen LogP contribution in [-0.2, 0) is 11.2 Å². The zero-order chi connectivity index (χ0) is 22.8. The molecule has 0 radical (unpaired) electrons. The summed E-state index contributed by atoms with van der Waals surface area (Å²) in [6.45, 7) is 2.32. The van der Waals surface area contributed by atoms with Gasteiger partial charge in [0.05, 0.1) is 24.9 Å². The van der Waals surface area contributed by atoms with E-state index in [9.17, 15) is 25.5 Å². The number of rotatable bonds is 7. The van der Waals surface area contributed by atoms with Crippen LogP contribution in [0.3, 0.4) is 0 Å². The molecule has 3 unspecified atom stereocenters. The van der Waals surface area contributed by atoms with Crippen molar-refractivity contribution in [2.45, 2.75) is 63.0 Å². The maximum Gasteiger partial charge on any atom is 0.352 e. The Labute approximate surface area is 186 Å². The summed E-state index contributed by atoms with van der Waals surface area (Å²) in [5.74, 6) is -2.54. The molecule has 2 aromatic carbocycles. The Morgan fingerprint density at radius 2 is 1.74 bits per heavy atom. The van der Waals surface area contributed by atoms with E-state index >= 15 is 0 Å². The van der Waals surface area contributed by atoms with Gasteiger partial charge in [0.25, 0.3) is 0 Å². The smallest absolute Gasteiger partial charge is 0.352 e. The third-order valence-corrected chi connectivity index (χ3v) is 5.77. The van der Waals surface area contributed by atoms with Crippen LogP contribution in [0.5, 0.6) is 5.75 Å². The van der Waals surface area contributed by atoms with Gasteiger partial charge >= 0.3 is 5.97 Å². The maximum absolute atomic E-state index is 10.1. The summed E-state index contributed by atoms with van der Waals surface area (Å²) in [7, 11) is 0. The fourth-order valence-corrected chi connectivity index (χ4v) is 3.62. The van der Waals surface area contributed by atoms with Crippen LogP contribution in [-0.4, -0.2) is 55.9 Å². The summed E-state index contributed by atoms with van der Waals surface area (Å²) in [6, 6.07) is 12.3. The van der Waals surface area contributed by atoms with E-state index in [0.29, 0.717) is 24.3 Å². The van der Waals surface area contributed by atoms with E-state index in [2.05, 4.69) is 0 Å². The second kappa shape index (κ2) is 9.42. The van der Waals surface area contributed by atoms with E-state index in [0.717, 1.165) is 16.7 Å². The lowest BCUT2D eigenvalue weighted by Gasteiger charge is -2.33. The van der Waals surface area contributed by atoms with E-state index in [1.807, 2.05) is 12.1 Å². The predicted octanol–water partition coefficient (Wildman–Crippen LogP) is 2.29. The fourth-order valence-electron chi connectivity index (χ4n) is 3.44. The zero-order valence-corrected chi connectivity index (χ0v) is 18.3. The Kier molecular flexibility index (Phi) is 7.28. The lowest BCUT2D eigenvalue weighted by atomic mass is 9.94. The largest absolute Gasteiger partial charge is 0.437 e. The standard InChI is InChI=1S/C23H29ClO7/c1-22(2,27)23(28,29)31-18-6-3-14(4-7-18)9-16-10-15(5-8-20(16)24)21-12-17(26)11-19(13-25)30-21/h3-8,10,17,19,21,25-29H,9,11-13H2,1-2H3. The number of aliphatic hydroxyl groups is 5. The van der Waals surface area contributed by atoms with Gasteiger partial charge in [0.2, 0.25) is 0 Å². The Balaban J connectivity index is 1.73. The van der Waals surface area contributed by atoms with Gasteiger partial charge in [0.15, 0.2) is 5.60 Å². The second-order valence-electron chi connectivity index (χ2n) is 8.50. The van der Waals surface area contributed by atoms with Crippen LogP contribution >= 0.6 is 11.6 Å². The molecule has 0 aromatic heterocycles. The number of hydrogen-bond donors (Lipinski definition) is 5. The van der Waals surface area contributed by atoms with E-state index in [1.54, 1.807) is 30.3 Å². The first-order valence-corrected chi connectivity index (χ1v) is 10.5. The summed E-state index contributed by atoms with van der Waals surface area (Å²) in [6.07, 6.45) is 0.135. The normalized spacial score (nSPS) is 22.4. The third-order valence-electron chi connectivity index (χ3n) is 5.40. The molecular weight excluding hydrogens is 424 g/mol. The fraction of sp³-hybridized carbons (Fsp3) is 0.478. The molecule has 1 aliphatic heterocycles. The lowest BCUT2D eigenvalue weighted by Crippen LogP contribution is -2.54. The Bertz CT molecular complexity index is 876. The first kappa shape index (κ1) is 23.9. The van der Waals surface area contributed by atoms with Crippen molar-refractivity contribution in [1.29, 1.82) is 0 Å². The SMILES string of the molecule is CC(C)(O)C(O)(O)Oc1ccc(Cc2cc(C3CC(O)CC(CO)O3)ccc2Cl)cc1. The molecule has 0 aliphatic carbocycles. The van der Waals surface area contributed by atoms with Gasteiger partial charge in [-0.25, -0.2) is 0 Å². The number of aliphatic hydroxyl groups excluding tert-OH is 2. The van der Waals surface area contributed by atoms with Crippen LogP contribution in [0.15, 0.2) is 42.5 Å². The van der Waals surface area contributed by atoms with Gasteiger partial charge in [0.1, 0.15) is 5.75 Å². The van der Waals surface area contributed by atoms with Crippen LogP contribution in [0.1, 0.15) is 49.5 Å². The first-order valence-electron chi connectivity index (χ1n) is 10.2. The van der Waals surface area contributed by atoms with Gasteiger partial charge in [-0.2, -0.15) is 0 Å². The highest BCUT2D eigenvalue weighted by molar-refractivity contribution is 6.31. The number of benzene rings is 2. The van der Waals surface area contributed by atoms with Gasteiger partial charge in [-0.3, -0.25) is 0 Å². The van der Waals surface area contributed by atoms with E-state index in [1.165, 1.54) is 13.8 Å². The van der Waals surface area contributed by atoms with Gasteiger partial charge in [-0.15, -0.1) is 0 Å². The van der Waals surface area contributed by atoms with Gasteiger partial charge in [0, 0.05) is 17.9 Å². The van der Waals surface area contributed by atoms with Crippen molar-refractivity contribution in [2.75, 3.05) is 6.61 Å². The van der Waals surface area contributed by atoms with E-state index < -0.39 is 23.8 Å². The number of hydrogen-bond acceptors (Lipinski definition) is 7. The van der Waals surface area contributed by atoms with Gasteiger partial charge in [-0.05, 0) is 55.2 Å². The molecule has 0 saturated carbocycles. The highest BCUT2D eigenvalue weighted by Gasteiger charge is 2.43. The summed E-state index contributed by atoms with van der Waals surface area (Å²) in [5.41, 5.74) is 0.789. The molecule has 5 N–H and O–H groups in total. The molecule has 31 heavy (non-hydrogen) atoms. The highest BCUT2D eigenvalue weighted by atomic mass is 35.5. The maximum atomic E-state index is 10.1. The summed E-state index contributed by atoms with van der Waals surface area (Å²) >= 11 is 6.39. The molecule has 0 spiro atoms. The Morgan fingerprint density at radius 1 is 1.06 bits per heavy atom. The minimum atomic E-state index is -2.73. The zero-order valence-electron chi connectivity index (χ0n) is 17.5. The Morgan fingerprint density at radius 3 is 2.35 bits per heavy atom. The topological polar surface area (TPSA) is 120 Å². The van der Waals surface area contributed by atoms with Crippen LogP contribution in [0, 0.1) is 0 Å². The predicted molar refractivity (Wildman–Crippen MR) is 115 cm³/mol. The minimum Gasteiger partial charge on any atom is -0.437 e. The molecule has 0 bridgehead atoms. The highest BCUT2D eigenvalue weighted by Crippen LogP contribution is 2.34. The molecule has 8 heteroatoms. The molecule has 0 amide bonds. The molecule has 1 saturated heterocycles. The molecule has 1 fully saturated rings. The van der Waals surface area contributed by atoms with Crippen LogP contribution in [0.2, 0.25) is 5.02 Å². The van der Waals surface area contributed by atoms with Crippen molar-refractivity contribution in [1.82, 2.24) is 0 Å². The molecule has 1 aliphatic rings. The van der Waals surface area contributed by atoms with Gasteiger partial charge in [-0.1, -0.05) is 35.9 Å². The average Bonchev–Trinajstić information content (AvgIpc) is 2.69. The molecule has 170 valence electrons. The molecule has 3 rings (SSSR count). The van der Waals surface area contributed by atoms with Crippen molar-refractivity contribution in [3.63, 3.8) is 0 Å². The number of halogens is 1. The van der Waals surface area contributed by atoms with Crippen molar-refractivity contribution in [3.8, 4) is 5.75 Å². The second-order valence-corrected chi connectivity index (χ2v) is 8.90. The summed E-state index contributed by atoms with van der Waals surface area (Å²) < 4.78 is 11.0. The van der Waals surface area contributed by atoms with E-state index in [-0.39, 0.29) is 18.5 Å². The Hall–Kier alpha value is -1.71. The van der Waals surface area contributed by atoms with Crippen LogP contribution in [0.25, 0.3) is 0 Å².